The molecule has 25 heavy (non-hydrogen) atoms. The van der Waals surface area contributed by atoms with E-state index in [1.807, 2.05) is 0 Å². The minimum Gasteiger partial charge on any atom is -0.336 e. The summed E-state index contributed by atoms with van der Waals surface area (Å²) in [5, 5.41) is 0. The van der Waals surface area contributed by atoms with Crippen molar-refractivity contribution in [1.29, 1.82) is 0 Å². The summed E-state index contributed by atoms with van der Waals surface area (Å²) in [5.74, 6) is -1.65. The van der Waals surface area contributed by atoms with Crippen LogP contribution in [0.1, 0.15) is 37.5 Å². The van der Waals surface area contributed by atoms with Gasteiger partial charge in [0.05, 0.1) is 22.7 Å². The minimum absolute atomic E-state index is 0.00510. The maximum absolute atomic E-state index is 13.8. The van der Waals surface area contributed by atoms with E-state index in [1.54, 1.807) is 30.3 Å². The molecule has 6 heteroatoms. The van der Waals surface area contributed by atoms with Crippen molar-refractivity contribution in [3.8, 4) is 0 Å². The fraction of sp³-hybridized carbons (Fsp3) is 0.211. The highest BCUT2D eigenvalue weighted by molar-refractivity contribution is 6.21. The average Bonchev–Trinajstić information content (AvgIpc) is 3.19. The molecule has 4 rings (SSSR count). The van der Waals surface area contributed by atoms with Crippen LogP contribution in [0.3, 0.4) is 0 Å². The van der Waals surface area contributed by atoms with Crippen LogP contribution in [0.15, 0.2) is 48.5 Å². The van der Waals surface area contributed by atoms with Crippen LogP contribution in [0.4, 0.5) is 4.39 Å². The van der Waals surface area contributed by atoms with Gasteiger partial charge in [0.2, 0.25) is 0 Å². The Hall–Kier alpha value is -3.02. The molecule has 2 aromatic rings. The van der Waals surface area contributed by atoms with Gasteiger partial charge in [-0.15, -0.1) is 0 Å². The minimum atomic E-state index is -0.573. The molecule has 2 heterocycles. The SMILES string of the molecule is O=C(c1ccccc1F)N1CCC(N2C(=O)c3ccccc3C2=O)C1. The van der Waals surface area contributed by atoms with Crippen LogP contribution in [0.5, 0.6) is 0 Å². The molecule has 0 aliphatic carbocycles. The lowest BCUT2D eigenvalue weighted by molar-refractivity contribution is 0.0574. The van der Waals surface area contributed by atoms with Crippen LogP contribution >= 0.6 is 0 Å². The molecule has 1 atom stereocenters. The zero-order valence-corrected chi connectivity index (χ0v) is 13.3. The number of halogens is 1. The average molecular weight is 338 g/mol. The third-order valence-electron chi connectivity index (χ3n) is 4.75. The van der Waals surface area contributed by atoms with Crippen molar-refractivity contribution in [2.45, 2.75) is 12.5 Å². The number of hydrogen-bond donors (Lipinski definition) is 0. The number of hydrogen-bond acceptors (Lipinski definition) is 3. The van der Waals surface area contributed by atoms with Crippen molar-refractivity contribution in [1.82, 2.24) is 9.80 Å². The van der Waals surface area contributed by atoms with Crippen molar-refractivity contribution < 1.29 is 18.8 Å². The molecule has 1 saturated heterocycles. The molecule has 0 N–H and O–H groups in total. The van der Waals surface area contributed by atoms with Crippen molar-refractivity contribution in [2.24, 2.45) is 0 Å². The van der Waals surface area contributed by atoms with Gasteiger partial charge in [-0.1, -0.05) is 24.3 Å². The summed E-state index contributed by atoms with van der Waals surface area (Å²) in [5.41, 5.74) is 0.795. The maximum Gasteiger partial charge on any atom is 0.261 e. The summed E-state index contributed by atoms with van der Waals surface area (Å²) in [6.07, 6.45) is 0.492. The van der Waals surface area contributed by atoms with E-state index in [2.05, 4.69) is 0 Å². The fourth-order valence-electron chi connectivity index (χ4n) is 3.48. The van der Waals surface area contributed by atoms with Crippen LogP contribution in [0.2, 0.25) is 0 Å². The van der Waals surface area contributed by atoms with Gasteiger partial charge in [-0.3, -0.25) is 19.3 Å². The molecule has 2 aliphatic rings. The number of amides is 3. The second-order valence-electron chi connectivity index (χ2n) is 6.20. The van der Waals surface area contributed by atoms with E-state index < -0.39 is 11.7 Å². The summed E-state index contributed by atoms with van der Waals surface area (Å²) in [4.78, 5) is 40.3. The Bertz CT molecular complexity index is 861. The van der Waals surface area contributed by atoms with Crippen LogP contribution in [0, 0.1) is 5.82 Å². The first-order valence-electron chi connectivity index (χ1n) is 8.08. The maximum atomic E-state index is 13.8. The van der Waals surface area contributed by atoms with Crippen molar-refractivity contribution in [3.63, 3.8) is 0 Å². The van der Waals surface area contributed by atoms with Gasteiger partial charge in [0, 0.05) is 13.1 Å². The van der Waals surface area contributed by atoms with E-state index in [1.165, 1.54) is 28.0 Å². The van der Waals surface area contributed by atoms with Gasteiger partial charge in [0.25, 0.3) is 17.7 Å². The summed E-state index contributed by atoms with van der Waals surface area (Å²) in [6, 6.07) is 12.1. The van der Waals surface area contributed by atoms with Crippen LogP contribution in [-0.4, -0.2) is 46.7 Å². The van der Waals surface area contributed by atoms with Crippen molar-refractivity contribution in [2.75, 3.05) is 13.1 Å². The van der Waals surface area contributed by atoms with E-state index in [-0.39, 0.29) is 30.0 Å². The monoisotopic (exact) mass is 338 g/mol. The molecule has 0 saturated carbocycles. The van der Waals surface area contributed by atoms with Gasteiger partial charge in [0.1, 0.15) is 5.82 Å². The van der Waals surface area contributed by atoms with E-state index in [0.29, 0.717) is 24.1 Å². The first-order chi connectivity index (χ1) is 12.1. The van der Waals surface area contributed by atoms with Crippen molar-refractivity contribution >= 4 is 17.7 Å². The molecule has 5 nitrogen and oxygen atoms in total. The van der Waals surface area contributed by atoms with Gasteiger partial charge < -0.3 is 4.90 Å². The molecule has 0 bridgehead atoms. The number of fused-ring (bicyclic) bond motifs is 1. The number of imide groups is 1. The largest absolute Gasteiger partial charge is 0.336 e. The Morgan fingerprint density at radius 3 is 2.20 bits per heavy atom. The quantitative estimate of drug-likeness (QED) is 0.790. The third kappa shape index (κ3) is 2.41. The molecule has 0 aromatic heterocycles. The van der Waals surface area contributed by atoms with Gasteiger partial charge >= 0.3 is 0 Å². The predicted molar refractivity (Wildman–Crippen MR) is 87.7 cm³/mol. The normalized spacial score (nSPS) is 19.5. The molecular weight excluding hydrogens is 323 g/mol. The Kier molecular flexibility index (Phi) is 3.60. The van der Waals surface area contributed by atoms with E-state index >= 15 is 0 Å². The lowest BCUT2D eigenvalue weighted by Gasteiger charge is -2.22. The zero-order chi connectivity index (χ0) is 17.6. The highest BCUT2D eigenvalue weighted by atomic mass is 19.1. The van der Waals surface area contributed by atoms with Gasteiger partial charge in [-0.05, 0) is 30.7 Å². The topological polar surface area (TPSA) is 57.7 Å². The number of carbonyl (C=O) groups excluding carboxylic acids is 3. The molecule has 126 valence electrons. The number of rotatable bonds is 2. The molecule has 1 unspecified atom stereocenters. The van der Waals surface area contributed by atoms with E-state index in [4.69, 9.17) is 0 Å². The summed E-state index contributed by atoms with van der Waals surface area (Å²) >= 11 is 0. The van der Waals surface area contributed by atoms with Gasteiger partial charge in [-0.2, -0.15) is 0 Å². The zero-order valence-electron chi connectivity index (χ0n) is 13.3. The lowest BCUT2D eigenvalue weighted by atomic mass is 10.1. The van der Waals surface area contributed by atoms with Crippen LogP contribution in [-0.2, 0) is 0 Å². The molecule has 2 aromatic carbocycles. The Balaban J connectivity index is 1.54. The Morgan fingerprint density at radius 2 is 1.56 bits per heavy atom. The molecule has 0 spiro atoms. The Morgan fingerprint density at radius 1 is 0.960 bits per heavy atom. The number of carbonyl (C=O) groups is 3. The predicted octanol–water partition coefficient (Wildman–Crippen LogP) is 2.34. The molecule has 1 fully saturated rings. The first-order valence-corrected chi connectivity index (χ1v) is 8.08. The van der Waals surface area contributed by atoms with Crippen molar-refractivity contribution in [3.05, 3.63) is 71.0 Å². The van der Waals surface area contributed by atoms with E-state index in [0.717, 1.165) is 0 Å². The molecular formula is C19H15FN2O3. The fourth-order valence-corrected chi connectivity index (χ4v) is 3.48. The smallest absolute Gasteiger partial charge is 0.261 e. The number of nitrogens with zero attached hydrogens (tertiary/aromatic N) is 2. The molecule has 0 radical (unpaired) electrons. The number of likely N-dealkylation sites (tertiary alicyclic amines) is 1. The second-order valence-corrected chi connectivity index (χ2v) is 6.20. The summed E-state index contributed by atoms with van der Waals surface area (Å²) in [7, 11) is 0. The number of benzene rings is 2. The summed E-state index contributed by atoms with van der Waals surface area (Å²) in [6.45, 7) is 0.601. The van der Waals surface area contributed by atoms with E-state index in [9.17, 15) is 18.8 Å². The molecule has 2 aliphatic heterocycles. The standard InChI is InChI=1S/C19H15FN2O3/c20-16-8-4-3-7-15(16)17(23)21-10-9-12(11-21)22-18(24)13-5-1-2-6-14(13)19(22)25/h1-8,12H,9-11H2. The lowest BCUT2D eigenvalue weighted by Crippen LogP contribution is -2.42. The first kappa shape index (κ1) is 15.5. The third-order valence-corrected chi connectivity index (χ3v) is 4.75. The highest BCUT2D eigenvalue weighted by Crippen LogP contribution is 2.28. The molecule has 3 amide bonds. The van der Waals surface area contributed by atoms with Crippen LogP contribution < -0.4 is 0 Å². The van der Waals surface area contributed by atoms with Crippen LogP contribution in [0.25, 0.3) is 0 Å². The Labute approximate surface area is 143 Å². The summed E-state index contributed by atoms with van der Waals surface area (Å²) < 4.78 is 13.8. The highest BCUT2D eigenvalue weighted by Gasteiger charge is 2.43. The van der Waals surface area contributed by atoms with Gasteiger partial charge in [-0.25, -0.2) is 4.39 Å². The van der Waals surface area contributed by atoms with Gasteiger partial charge in [0.15, 0.2) is 0 Å². The second kappa shape index (κ2) is 5.81.